The van der Waals surface area contributed by atoms with Crippen LogP contribution in [0.4, 0.5) is 0 Å². The van der Waals surface area contributed by atoms with Crippen molar-refractivity contribution in [2.24, 2.45) is 0 Å². The van der Waals surface area contributed by atoms with E-state index in [4.69, 9.17) is 5.10 Å². The number of aromatic nitrogens is 6. The lowest BCUT2D eigenvalue weighted by Gasteiger charge is -2.31. The molecule has 0 aliphatic carbocycles. The molecular weight excluding hydrogens is 426 g/mol. The van der Waals surface area contributed by atoms with Gasteiger partial charge in [-0.1, -0.05) is 24.3 Å². The van der Waals surface area contributed by atoms with Crippen molar-refractivity contribution in [3.8, 4) is 11.4 Å². The van der Waals surface area contributed by atoms with E-state index in [-0.39, 0.29) is 11.6 Å². The first-order chi connectivity index (χ1) is 16.7. The number of rotatable bonds is 5. The Morgan fingerprint density at radius 3 is 2.91 bits per heavy atom. The Morgan fingerprint density at radius 1 is 1.06 bits per heavy atom. The smallest absolute Gasteiger partial charge is 0.306 e. The number of benzene rings is 2. The van der Waals surface area contributed by atoms with E-state index in [0.29, 0.717) is 0 Å². The molecule has 8 nitrogen and oxygen atoms in total. The molecule has 34 heavy (non-hydrogen) atoms. The first kappa shape index (κ1) is 20.6. The van der Waals surface area contributed by atoms with Crippen LogP contribution in [0, 0.1) is 0 Å². The predicted molar refractivity (Wildman–Crippen MR) is 130 cm³/mol. The van der Waals surface area contributed by atoms with Crippen molar-refractivity contribution in [3.05, 3.63) is 102 Å². The van der Waals surface area contributed by atoms with Gasteiger partial charge in [0.25, 0.3) is 0 Å². The largest absolute Gasteiger partial charge is 0.348 e. The summed E-state index contributed by atoms with van der Waals surface area (Å²) in [7, 11) is 0. The fourth-order valence-corrected chi connectivity index (χ4v) is 4.89. The maximum absolute atomic E-state index is 12.9. The molecule has 1 fully saturated rings. The molecule has 4 heterocycles. The fourth-order valence-electron chi connectivity index (χ4n) is 4.89. The van der Waals surface area contributed by atoms with E-state index in [2.05, 4.69) is 44.1 Å². The molecule has 2 aromatic carbocycles. The average Bonchev–Trinajstić information content (AvgIpc) is 3.54. The molecule has 170 valence electrons. The lowest BCUT2D eigenvalue weighted by molar-refractivity contribution is 0.196. The van der Waals surface area contributed by atoms with Gasteiger partial charge in [-0.2, -0.15) is 4.68 Å². The molecule has 0 spiro atoms. The number of imidazole rings is 1. The van der Waals surface area contributed by atoms with Crippen LogP contribution in [0.3, 0.4) is 0 Å². The van der Waals surface area contributed by atoms with Crippen LogP contribution in [0.2, 0.25) is 0 Å². The molecular formula is C26H25N7O. The van der Waals surface area contributed by atoms with Crippen LogP contribution < -0.4 is 5.69 Å². The Bertz CT molecular complexity index is 1480. The van der Waals surface area contributed by atoms with Crippen LogP contribution in [0.5, 0.6) is 0 Å². The standard InChI is InChI=1S/C26H25N7O/c34-26-29-25(30-33(26)24-8-2-5-20-15-27-10-9-23(20)24)21-6-3-12-31(17-21)16-19-4-1-7-22(14-19)32-13-11-28-18-32/h1-2,4-5,7-11,13-15,18,21H,3,6,12,16-17H2,(H,29,30,34). The number of hydrogen-bond acceptors (Lipinski definition) is 5. The quantitative estimate of drug-likeness (QED) is 0.441. The molecule has 0 bridgehead atoms. The number of hydrogen-bond donors (Lipinski definition) is 1. The Labute approximate surface area is 196 Å². The summed E-state index contributed by atoms with van der Waals surface area (Å²) in [6.45, 7) is 2.76. The highest BCUT2D eigenvalue weighted by Crippen LogP contribution is 2.26. The summed E-state index contributed by atoms with van der Waals surface area (Å²) < 4.78 is 3.51. The van der Waals surface area contributed by atoms with Gasteiger partial charge in [0, 0.05) is 60.3 Å². The normalized spacial score (nSPS) is 16.8. The van der Waals surface area contributed by atoms with Gasteiger partial charge in [0.2, 0.25) is 0 Å². The second-order valence-corrected chi connectivity index (χ2v) is 8.82. The number of pyridine rings is 1. The van der Waals surface area contributed by atoms with Gasteiger partial charge in [-0.15, -0.1) is 5.10 Å². The number of H-pyrrole nitrogens is 1. The van der Waals surface area contributed by atoms with E-state index in [1.54, 1.807) is 18.6 Å². The molecule has 5 aromatic rings. The monoisotopic (exact) mass is 451 g/mol. The van der Waals surface area contributed by atoms with Crippen LogP contribution in [0.25, 0.3) is 22.1 Å². The molecule has 0 amide bonds. The summed E-state index contributed by atoms with van der Waals surface area (Å²) in [6.07, 6.45) is 11.2. The first-order valence-electron chi connectivity index (χ1n) is 11.6. The third-order valence-corrected chi connectivity index (χ3v) is 6.53. The van der Waals surface area contributed by atoms with Crippen molar-refractivity contribution in [1.29, 1.82) is 0 Å². The van der Waals surface area contributed by atoms with Gasteiger partial charge in [0.15, 0.2) is 0 Å². The van der Waals surface area contributed by atoms with Crippen molar-refractivity contribution in [2.75, 3.05) is 13.1 Å². The average molecular weight is 452 g/mol. The molecule has 8 heteroatoms. The van der Waals surface area contributed by atoms with E-state index in [0.717, 1.165) is 60.4 Å². The molecule has 1 aliphatic rings. The second kappa shape index (κ2) is 8.72. The van der Waals surface area contributed by atoms with E-state index < -0.39 is 0 Å². The Balaban J connectivity index is 1.23. The summed E-state index contributed by atoms with van der Waals surface area (Å²) >= 11 is 0. The summed E-state index contributed by atoms with van der Waals surface area (Å²) in [5, 5.41) is 6.68. The Hall–Kier alpha value is -4.04. The zero-order valence-electron chi connectivity index (χ0n) is 18.7. The highest BCUT2D eigenvalue weighted by Gasteiger charge is 2.25. The van der Waals surface area contributed by atoms with Crippen molar-refractivity contribution in [3.63, 3.8) is 0 Å². The zero-order valence-corrected chi connectivity index (χ0v) is 18.7. The number of nitrogens with zero attached hydrogens (tertiary/aromatic N) is 6. The molecule has 1 saturated heterocycles. The summed E-state index contributed by atoms with van der Waals surface area (Å²) in [6, 6.07) is 16.3. The third kappa shape index (κ3) is 3.92. The van der Waals surface area contributed by atoms with Crippen molar-refractivity contribution >= 4 is 10.8 Å². The number of likely N-dealkylation sites (tertiary alicyclic amines) is 1. The second-order valence-electron chi connectivity index (χ2n) is 8.82. The SMILES string of the molecule is O=c1[nH]c(C2CCCN(Cc3cccc(-n4ccnc4)c3)C2)nn1-c1cccc2cnccc12. The minimum Gasteiger partial charge on any atom is -0.306 e. The molecule has 3 aromatic heterocycles. The van der Waals surface area contributed by atoms with Gasteiger partial charge in [0.05, 0.1) is 12.0 Å². The van der Waals surface area contributed by atoms with Gasteiger partial charge in [0.1, 0.15) is 5.82 Å². The molecule has 1 unspecified atom stereocenters. The van der Waals surface area contributed by atoms with Crippen LogP contribution in [-0.2, 0) is 6.54 Å². The number of aromatic amines is 1. The van der Waals surface area contributed by atoms with E-state index in [1.165, 1.54) is 10.2 Å². The molecule has 1 aliphatic heterocycles. The highest BCUT2D eigenvalue weighted by molar-refractivity contribution is 5.89. The lowest BCUT2D eigenvalue weighted by Crippen LogP contribution is -2.34. The Kier molecular flexibility index (Phi) is 5.27. The molecule has 1 atom stereocenters. The van der Waals surface area contributed by atoms with Crippen LogP contribution in [0.15, 0.2) is 84.4 Å². The maximum Gasteiger partial charge on any atom is 0.348 e. The zero-order chi connectivity index (χ0) is 22.9. The highest BCUT2D eigenvalue weighted by atomic mass is 16.1. The molecule has 0 saturated carbocycles. The molecule has 6 rings (SSSR count). The fraction of sp³-hybridized carbons (Fsp3) is 0.231. The van der Waals surface area contributed by atoms with Crippen LogP contribution >= 0.6 is 0 Å². The molecule has 1 N–H and O–H groups in total. The molecule has 0 radical (unpaired) electrons. The van der Waals surface area contributed by atoms with Gasteiger partial charge < -0.3 is 4.57 Å². The maximum atomic E-state index is 12.9. The van der Waals surface area contributed by atoms with Crippen molar-refractivity contribution in [1.82, 2.24) is 34.2 Å². The lowest BCUT2D eigenvalue weighted by atomic mass is 9.97. The van der Waals surface area contributed by atoms with Crippen LogP contribution in [-0.4, -0.2) is 47.3 Å². The topological polar surface area (TPSA) is 84.6 Å². The third-order valence-electron chi connectivity index (χ3n) is 6.53. The summed E-state index contributed by atoms with van der Waals surface area (Å²) in [4.78, 5) is 26.7. The van der Waals surface area contributed by atoms with Gasteiger partial charge in [-0.25, -0.2) is 9.78 Å². The van der Waals surface area contributed by atoms with E-state index in [9.17, 15) is 4.79 Å². The predicted octanol–water partition coefficient (Wildman–Crippen LogP) is 3.67. The number of fused-ring (bicyclic) bond motifs is 1. The van der Waals surface area contributed by atoms with E-state index >= 15 is 0 Å². The van der Waals surface area contributed by atoms with Gasteiger partial charge >= 0.3 is 5.69 Å². The number of piperidine rings is 1. The van der Waals surface area contributed by atoms with Crippen LogP contribution in [0.1, 0.15) is 30.1 Å². The van der Waals surface area contributed by atoms with Gasteiger partial charge in [-0.3, -0.25) is 14.9 Å². The Morgan fingerprint density at radius 2 is 2.00 bits per heavy atom. The van der Waals surface area contributed by atoms with Crippen molar-refractivity contribution < 1.29 is 0 Å². The van der Waals surface area contributed by atoms with Crippen molar-refractivity contribution in [2.45, 2.75) is 25.3 Å². The van der Waals surface area contributed by atoms with E-state index in [1.807, 2.05) is 41.4 Å². The minimum absolute atomic E-state index is 0.191. The minimum atomic E-state index is -0.204. The first-order valence-corrected chi connectivity index (χ1v) is 11.6. The summed E-state index contributed by atoms with van der Waals surface area (Å²) in [5.74, 6) is 0.948. The van der Waals surface area contributed by atoms with Gasteiger partial charge in [-0.05, 0) is 49.2 Å². The number of nitrogens with one attached hydrogen (secondary N) is 1. The summed E-state index contributed by atoms with van der Waals surface area (Å²) in [5.41, 5.74) is 2.94.